The van der Waals surface area contributed by atoms with Crippen LogP contribution in [0.5, 0.6) is 5.75 Å². The van der Waals surface area contributed by atoms with E-state index in [2.05, 4.69) is 5.32 Å². The van der Waals surface area contributed by atoms with Crippen LogP contribution in [0.25, 0.3) is 0 Å². The van der Waals surface area contributed by atoms with Crippen LogP contribution in [0.4, 0.5) is 5.69 Å². The maximum Gasteiger partial charge on any atom is 0.264 e. The highest BCUT2D eigenvalue weighted by Gasteiger charge is 2.34. The molecule has 0 radical (unpaired) electrons. The first-order chi connectivity index (χ1) is 18.5. The SMILES string of the molecule is CC[C@@H](C(=O)NC)N(Cc1ccccc1Cl)C(=O)CN(c1cc(Cl)ccc1OC)S(=O)(=O)c1ccc(C)cc1. The standard InChI is InChI=1S/C28H31Cl2N3O5S/c1-5-24(28(35)31-3)32(17-20-8-6-7-9-23(20)30)27(34)18-33(25-16-21(29)12-15-26(25)38-4)39(36,37)22-13-10-19(2)11-14-22/h6-16,24H,5,17-18H2,1-4H3,(H,31,35)/t24-/m0/s1. The van der Waals surface area contributed by atoms with Crippen molar-refractivity contribution in [2.45, 2.75) is 37.8 Å². The van der Waals surface area contributed by atoms with Gasteiger partial charge in [-0.1, -0.05) is 66.0 Å². The summed E-state index contributed by atoms with van der Waals surface area (Å²) in [5, 5.41) is 3.26. The minimum atomic E-state index is -4.27. The number of aryl methyl sites for hydroxylation is 1. The second kappa shape index (κ2) is 13.2. The van der Waals surface area contributed by atoms with E-state index in [0.717, 1.165) is 9.87 Å². The molecule has 39 heavy (non-hydrogen) atoms. The van der Waals surface area contributed by atoms with Gasteiger partial charge >= 0.3 is 0 Å². The van der Waals surface area contributed by atoms with Crippen molar-refractivity contribution in [3.05, 3.63) is 87.9 Å². The normalized spacial score (nSPS) is 11.9. The van der Waals surface area contributed by atoms with Crippen LogP contribution in [-0.2, 0) is 26.2 Å². The van der Waals surface area contributed by atoms with E-state index in [1.54, 1.807) is 49.4 Å². The smallest absolute Gasteiger partial charge is 0.264 e. The van der Waals surface area contributed by atoms with Gasteiger partial charge in [0.1, 0.15) is 18.3 Å². The summed E-state index contributed by atoms with van der Waals surface area (Å²) in [6.07, 6.45) is 0.293. The van der Waals surface area contributed by atoms with Gasteiger partial charge < -0.3 is 15.0 Å². The average molecular weight is 593 g/mol. The van der Waals surface area contributed by atoms with Crippen molar-refractivity contribution in [2.24, 2.45) is 0 Å². The number of sulfonamides is 1. The number of likely N-dealkylation sites (N-methyl/N-ethyl adjacent to an activating group) is 1. The predicted molar refractivity (Wildman–Crippen MR) is 154 cm³/mol. The largest absolute Gasteiger partial charge is 0.495 e. The van der Waals surface area contributed by atoms with Crippen LogP contribution in [0.3, 0.4) is 0 Å². The topological polar surface area (TPSA) is 96.0 Å². The van der Waals surface area contributed by atoms with Crippen LogP contribution in [-0.4, -0.2) is 51.9 Å². The molecule has 1 atom stereocenters. The Kier molecular flexibility index (Phi) is 10.2. The maximum absolute atomic E-state index is 14.0. The van der Waals surface area contributed by atoms with E-state index < -0.39 is 28.5 Å². The number of ether oxygens (including phenoxy) is 1. The fourth-order valence-corrected chi connectivity index (χ4v) is 5.88. The molecule has 0 saturated carbocycles. The number of amides is 2. The fourth-order valence-electron chi connectivity index (χ4n) is 4.11. The van der Waals surface area contributed by atoms with Crippen LogP contribution in [0.2, 0.25) is 10.0 Å². The van der Waals surface area contributed by atoms with Crippen LogP contribution >= 0.6 is 23.2 Å². The first kappa shape index (κ1) is 30.3. The van der Waals surface area contributed by atoms with Gasteiger partial charge in [-0.05, 0) is 55.3 Å². The van der Waals surface area contributed by atoms with E-state index in [0.29, 0.717) is 17.0 Å². The number of anilines is 1. The number of carbonyl (C=O) groups is 2. The number of hydrogen-bond acceptors (Lipinski definition) is 5. The highest BCUT2D eigenvalue weighted by Crippen LogP contribution is 2.35. The van der Waals surface area contributed by atoms with Crippen LogP contribution in [0, 0.1) is 6.92 Å². The second-order valence-electron chi connectivity index (χ2n) is 8.79. The minimum Gasteiger partial charge on any atom is -0.495 e. The van der Waals surface area contributed by atoms with Crippen LogP contribution in [0.15, 0.2) is 71.6 Å². The Morgan fingerprint density at radius 1 is 1.03 bits per heavy atom. The molecule has 0 fully saturated rings. The number of carbonyl (C=O) groups excluding carboxylic acids is 2. The van der Waals surface area contributed by atoms with Gasteiger partial charge in [-0.15, -0.1) is 0 Å². The van der Waals surface area contributed by atoms with E-state index in [1.807, 2.05) is 6.92 Å². The van der Waals surface area contributed by atoms with Crippen molar-refractivity contribution < 1.29 is 22.7 Å². The molecule has 8 nitrogen and oxygen atoms in total. The molecular formula is C28H31Cl2N3O5S. The number of methoxy groups -OCH3 is 1. The van der Waals surface area contributed by atoms with Crippen molar-refractivity contribution in [3.8, 4) is 5.75 Å². The van der Waals surface area contributed by atoms with E-state index in [4.69, 9.17) is 27.9 Å². The summed E-state index contributed by atoms with van der Waals surface area (Å²) in [5.41, 5.74) is 1.58. The lowest BCUT2D eigenvalue weighted by Crippen LogP contribution is -2.51. The van der Waals surface area contributed by atoms with Gasteiger partial charge in [-0.3, -0.25) is 13.9 Å². The summed E-state index contributed by atoms with van der Waals surface area (Å²) in [5.74, 6) is -0.784. The molecule has 2 amide bonds. The summed E-state index contributed by atoms with van der Waals surface area (Å²) in [6, 6.07) is 16.9. The molecule has 0 spiro atoms. The first-order valence-electron chi connectivity index (χ1n) is 12.2. The molecule has 0 aromatic heterocycles. The van der Waals surface area contributed by atoms with E-state index >= 15 is 0 Å². The summed E-state index contributed by atoms with van der Waals surface area (Å²) in [4.78, 5) is 28.1. The quantitative estimate of drug-likeness (QED) is 0.336. The molecule has 11 heteroatoms. The molecule has 0 aliphatic rings. The first-order valence-corrected chi connectivity index (χ1v) is 14.4. The number of nitrogens with one attached hydrogen (secondary N) is 1. The van der Waals surface area contributed by atoms with Crippen LogP contribution in [0.1, 0.15) is 24.5 Å². The van der Waals surface area contributed by atoms with E-state index in [9.17, 15) is 18.0 Å². The Morgan fingerprint density at radius 3 is 2.28 bits per heavy atom. The van der Waals surface area contributed by atoms with Gasteiger partial charge in [0.25, 0.3) is 10.0 Å². The molecule has 0 saturated heterocycles. The summed E-state index contributed by atoms with van der Waals surface area (Å²) in [6.45, 7) is 2.99. The molecular weight excluding hydrogens is 561 g/mol. The Bertz CT molecular complexity index is 1430. The molecule has 3 aromatic carbocycles. The summed E-state index contributed by atoms with van der Waals surface area (Å²) in [7, 11) is -1.39. The average Bonchev–Trinajstić information content (AvgIpc) is 2.92. The van der Waals surface area contributed by atoms with Gasteiger partial charge in [0.15, 0.2) is 0 Å². The Morgan fingerprint density at radius 2 is 1.69 bits per heavy atom. The molecule has 0 heterocycles. The Balaban J connectivity index is 2.14. The van der Waals surface area contributed by atoms with Crippen molar-refractivity contribution >= 4 is 50.7 Å². The van der Waals surface area contributed by atoms with Gasteiger partial charge in [0.2, 0.25) is 11.8 Å². The molecule has 3 aromatic rings. The third kappa shape index (κ3) is 7.03. The van der Waals surface area contributed by atoms with Crippen molar-refractivity contribution in [1.29, 1.82) is 0 Å². The molecule has 3 rings (SSSR count). The third-order valence-corrected chi connectivity index (χ3v) is 8.61. The zero-order valence-electron chi connectivity index (χ0n) is 22.1. The lowest BCUT2D eigenvalue weighted by Gasteiger charge is -2.33. The highest BCUT2D eigenvalue weighted by molar-refractivity contribution is 7.92. The molecule has 0 aliphatic heterocycles. The lowest BCUT2D eigenvalue weighted by atomic mass is 10.1. The Hall–Kier alpha value is -3.27. The van der Waals surface area contributed by atoms with Gasteiger partial charge in [0, 0.05) is 23.6 Å². The molecule has 1 N–H and O–H groups in total. The Labute approximate surface area is 239 Å². The second-order valence-corrected chi connectivity index (χ2v) is 11.5. The molecule has 208 valence electrons. The van der Waals surface area contributed by atoms with Gasteiger partial charge in [-0.2, -0.15) is 0 Å². The number of rotatable bonds is 11. The number of benzene rings is 3. The predicted octanol–water partition coefficient (Wildman–Crippen LogP) is 5.06. The fraction of sp³-hybridized carbons (Fsp3) is 0.286. The zero-order valence-corrected chi connectivity index (χ0v) is 24.5. The minimum absolute atomic E-state index is 0.00443. The maximum atomic E-state index is 14.0. The highest BCUT2D eigenvalue weighted by atomic mass is 35.5. The number of hydrogen-bond donors (Lipinski definition) is 1. The summed E-state index contributed by atoms with van der Waals surface area (Å²) < 4.78 is 34.4. The summed E-state index contributed by atoms with van der Waals surface area (Å²) >= 11 is 12.6. The van der Waals surface area contributed by atoms with Gasteiger partial charge in [0.05, 0.1) is 17.7 Å². The van der Waals surface area contributed by atoms with Crippen molar-refractivity contribution in [1.82, 2.24) is 10.2 Å². The van der Waals surface area contributed by atoms with Crippen LogP contribution < -0.4 is 14.4 Å². The van der Waals surface area contributed by atoms with Gasteiger partial charge in [-0.25, -0.2) is 8.42 Å². The molecule has 0 aliphatic carbocycles. The lowest BCUT2D eigenvalue weighted by molar-refractivity contribution is -0.140. The zero-order chi connectivity index (χ0) is 28.7. The number of halogens is 2. The molecule has 0 unspecified atom stereocenters. The van der Waals surface area contributed by atoms with Crippen molar-refractivity contribution in [3.63, 3.8) is 0 Å². The van der Waals surface area contributed by atoms with E-state index in [-0.39, 0.29) is 33.8 Å². The van der Waals surface area contributed by atoms with E-state index in [1.165, 1.54) is 43.3 Å². The third-order valence-electron chi connectivity index (χ3n) is 6.23. The monoisotopic (exact) mass is 591 g/mol. The van der Waals surface area contributed by atoms with Crippen molar-refractivity contribution in [2.75, 3.05) is 25.0 Å². The number of nitrogens with zero attached hydrogens (tertiary/aromatic N) is 2. The molecule has 0 bridgehead atoms.